The van der Waals surface area contributed by atoms with E-state index in [0.29, 0.717) is 29.8 Å². The number of hydrogen-bond acceptors (Lipinski definition) is 12. The molecule has 3 amide bonds. The number of rotatable bonds is 11. The molecule has 0 saturated carbocycles. The number of allylic oxidation sites excluding steroid dienone is 3. The zero-order valence-electron chi connectivity index (χ0n) is 27.4. The van der Waals surface area contributed by atoms with Crippen molar-refractivity contribution in [2.75, 3.05) is 6.61 Å². The van der Waals surface area contributed by atoms with Gasteiger partial charge in [0.05, 0.1) is 37.4 Å². The van der Waals surface area contributed by atoms with Crippen LogP contribution in [0.4, 0.5) is 0 Å². The van der Waals surface area contributed by atoms with E-state index in [1.54, 1.807) is 19.1 Å². The van der Waals surface area contributed by atoms with E-state index in [1.165, 1.54) is 6.08 Å². The number of aliphatic hydroxyl groups excluding tert-OH is 1. The van der Waals surface area contributed by atoms with Gasteiger partial charge in [-0.3, -0.25) is 14.4 Å². The fourth-order valence-electron chi connectivity index (χ4n) is 6.16. The minimum absolute atomic E-state index is 0.0146. The summed E-state index contributed by atoms with van der Waals surface area (Å²) in [6, 6.07) is -0.130. The molecular weight excluding hydrogens is 612 g/mol. The van der Waals surface area contributed by atoms with Crippen molar-refractivity contribution in [3.63, 3.8) is 0 Å². The molecule has 1 spiro atoms. The van der Waals surface area contributed by atoms with Crippen molar-refractivity contribution in [2.24, 2.45) is 5.92 Å². The molecule has 47 heavy (non-hydrogen) atoms. The molecule has 14 heteroatoms. The van der Waals surface area contributed by atoms with Crippen molar-refractivity contribution in [1.82, 2.24) is 20.5 Å². The predicted octanol–water partition coefficient (Wildman–Crippen LogP) is 2.51. The Morgan fingerprint density at radius 2 is 1.91 bits per heavy atom. The number of carbonyl (C=O) groups excluding carboxylic acids is 4. The number of imide groups is 1. The maximum atomic E-state index is 12.6. The zero-order chi connectivity index (χ0) is 33.9. The predicted molar refractivity (Wildman–Crippen MR) is 164 cm³/mol. The zero-order valence-corrected chi connectivity index (χ0v) is 27.4. The van der Waals surface area contributed by atoms with Crippen LogP contribution < -0.4 is 5.32 Å². The van der Waals surface area contributed by atoms with Gasteiger partial charge in [-0.1, -0.05) is 48.9 Å². The first-order valence-electron chi connectivity index (χ1n) is 16.2. The number of hydroxylamine groups is 2. The summed E-state index contributed by atoms with van der Waals surface area (Å²) in [5, 5.41) is 18.4. The van der Waals surface area contributed by atoms with E-state index in [9.17, 15) is 24.3 Å². The van der Waals surface area contributed by atoms with Crippen LogP contribution in [0.2, 0.25) is 0 Å². The van der Waals surface area contributed by atoms with E-state index in [1.807, 2.05) is 26.8 Å². The number of aryl methyl sites for hydroxylation is 1. The Kier molecular flexibility index (Phi) is 10.7. The van der Waals surface area contributed by atoms with Crippen LogP contribution in [-0.4, -0.2) is 92.8 Å². The van der Waals surface area contributed by atoms with E-state index in [-0.39, 0.29) is 61.7 Å². The topological polar surface area (TPSA) is 183 Å². The summed E-state index contributed by atoms with van der Waals surface area (Å²) >= 11 is 0. The maximum Gasteiger partial charge on any atom is 0.335 e. The largest absolute Gasteiger partial charge is 0.387 e. The highest BCUT2D eigenvalue weighted by molar-refractivity contribution is 6.01. The number of aliphatic hydroxyl groups is 1. The SMILES string of the molecule is CC(/C=C/[C@H]1O[C@H](CC(=O)ON2C(=O)CCC2=O)C[C@@]2(CO2)[C@@H]1O)=C\C[C@@H]1O[C@H](C)[C@H](NC(=O)/C=C\[C@H](C)c2noc(C)n2)C[C@@H]1C. The van der Waals surface area contributed by atoms with Crippen molar-refractivity contribution >= 4 is 23.7 Å². The van der Waals surface area contributed by atoms with Crippen molar-refractivity contribution < 1.29 is 47.9 Å². The lowest BCUT2D eigenvalue weighted by molar-refractivity contribution is -0.202. The molecule has 5 heterocycles. The van der Waals surface area contributed by atoms with Gasteiger partial charge in [0, 0.05) is 32.1 Å². The van der Waals surface area contributed by atoms with Crippen LogP contribution in [-0.2, 0) is 38.2 Å². The molecule has 0 unspecified atom stereocenters. The summed E-state index contributed by atoms with van der Waals surface area (Å²) in [4.78, 5) is 57.9. The molecule has 9 atom stereocenters. The van der Waals surface area contributed by atoms with Gasteiger partial charge in [-0.05, 0) is 38.7 Å². The molecule has 256 valence electrons. The van der Waals surface area contributed by atoms with Crippen molar-refractivity contribution in [3.8, 4) is 0 Å². The Bertz CT molecular complexity index is 1420. The van der Waals surface area contributed by atoms with Crippen LogP contribution in [0.3, 0.4) is 0 Å². The number of amides is 3. The van der Waals surface area contributed by atoms with Gasteiger partial charge < -0.3 is 34.0 Å². The molecule has 14 nitrogen and oxygen atoms in total. The Morgan fingerprint density at radius 3 is 2.57 bits per heavy atom. The quantitative estimate of drug-likeness (QED) is 0.154. The van der Waals surface area contributed by atoms with E-state index in [4.69, 9.17) is 23.6 Å². The van der Waals surface area contributed by atoms with Crippen LogP contribution in [0.25, 0.3) is 0 Å². The molecule has 1 aromatic rings. The molecule has 0 bridgehead atoms. The van der Waals surface area contributed by atoms with E-state index < -0.39 is 41.7 Å². The number of epoxide rings is 1. The smallest absolute Gasteiger partial charge is 0.335 e. The van der Waals surface area contributed by atoms with Crippen LogP contribution >= 0.6 is 0 Å². The first-order chi connectivity index (χ1) is 22.3. The van der Waals surface area contributed by atoms with E-state index >= 15 is 0 Å². The molecular formula is C33H44N4O10. The molecule has 2 N–H and O–H groups in total. The Balaban J connectivity index is 1.09. The summed E-state index contributed by atoms with van der Waals surface area (Å²) in [6.07, 6.45) is 7.96. The van der Waals surface area contributed by atoms with Gasteiger partial charge >= 0.3 is 5.97 Å². The third kappa shape index (κ3) is 8.61. The number of carbonyl (C=O) groups is 4. The highest BCUT2D eigenvalue weighted by Gasteiger charge is 2.58. The second-order valence-corrected chi connectivity index (χ2v) is 13.0. The molecule has 4 aliphatic heterocycles. The van der Waals surface area contributed by atoms with Crippen LogP contribution in [0, 0.1) is 12.8 Å². The summed E-state index contributed by atoms with van der Waals surface area (Å²) in [6.45, 7) is 9.96. The lowest BCUT2D eigenvalue weighted by Gasteiger charge is -2.39. The van der Waals surface area contributed by atoms with Gasteiger partial charge in [0.15, 0.2) is 5.82 Å². The third-order valence-corrected chi connectivity index (χ3v) is 9.13. The maximum absolute atomic E-state index is 12.6. The van der Waals surface area contributed by atoms with Gasteiger partial charge in [0.25, 0.3) is 11.8 Å². The van der Waals surface area contributed by atoms with E-state index in [0.717, 1.165) is 12.0 Å². The van der Waals surface area contributed by atoms with Crippen LogP contribution in [0.5, 0.6) is 0 Å². The van der Waals surface area contributed by atoms with Gasteiger partial charge in [0.1, 0.15) is 17.8 Å². The second kappa shape index (κ2) is 14.6. The van der Waals surface area contributed by atoms with Gasteiger partial charge in [-0.2, -0.15) is 4.98 Å². The molecule has 1 aromatic heterocycles. The van der Waals surface area contributed by atoms with Crippen molar-refractivity contribution in [3.05, 3.63) is 47.7 Å². The van der Waals surface area contributed by atoms with Crippen LogP contribution in [0.15, 0.2) is 40.5 Å². The van der Waals surface area contributed by atoms with E-state index in [2.05, 4.69) is 28.5 Å². The van der Waals surface area contributed by atoms with Crippen molar-refractivity contribution in [2.45, 2.75) is 121 Å². The highest BCUT2D eigenvalue weighted by atomic mass is 16.7. The molecule has 0 radical (unpaired) electrons. The summed E-state index contributed by atoms with van der Waals surface area (Å²) < 4.78 is 22.9. The fourth-order valence-corrected chi connectivity index (χ4v) is 6.16. The van der Waals surface area contributed by atoms with Crippen LogP contribution in [0.1, 0.15) is 83.9 Å². The fraction of sp³-hybridized carbons (Fsp3) is 0.636. The average Bonchev–Trinajstić information content (AvgIpc) is 3.55. The lowest BCUT2D eigenvalue weighted by atomic mass is 9.87. The number of nitrogens with one attached hydrogen (secondary N) is 1. The first kappa shape index (κ1) is 34.6. The molecule has 0 aromatic carbocycles. The summed E-state index contributed by atoms with van der Waals surface area (Å²) in [5.74, 6) is -1.02. The molecule has 4 aliphatic rings. The number of nitrogens with zero attached hydrogens (tertiary/aromatic N) is 3. The van der Waals surface area contributed by atoms with Gasteiger partial charge in [-0.15, -0.1) is 5.06 Å². The normalized spacial score (nSPS) is 33.6. The minimum atomic E-state index is -0.920. The minimum Gasteiger partial charge on any atom is -0.387 e. The summed E-state index contributed by atoms with van der Waals surface area (Å²) in [7, 11) is 0. The molecule has 5 rings (SSSR count). The standard InChI is InChI=1S/C33H44N4O10/c1-18(6-9-25-20(3)14-24(21(4)44-25)35-27(38)11-8-19(2)32-34-22(5)46-36-32)7-10-26-31(42)33(17-43-33)16-23(45-26)15-30(41)47-37-28(39)12-13-29(37)40/h6-8,10-11,19-21,23-26,31,42H,9,12-17H2,1-5H3,(H,35,38)/b10-7+,11-8-,18-6+/t19-,20-,21+,23+,24+,25-,26+,31+,33+/m0/s1. The number of ether oxygens (including phenoxy) is 3. The third-order valence-electron chi connectivity index (χ3n) is 9.13. The van der Waals surface area contributed by atoms with Crippen molar-refractivity contribution in [1.29, 1.82) is 0 Å². The molecule has 4 saturated heterocycles. The lowest BCUT2D eigenvalue weighted by Crippen LogP contribution is -2.50. The molecule has 4 fully saturated rings. The Hall–Kier alpha value is -3.72. The highest BCUT2D eigenvalue weighted by Crippen LogP contribution is 2.43. The summed E-state index contributed by atoms with van der Waals surface area (Å²) in [5.41, 5.74) is 0.137. The Labute approximate surface area is 273 Å². The number of aromatic nitrogens is 2. The molecule has 0 aliphatic carbocycles. The monoisotopic (exact) mass is 656 g/mol. The van der Waals surface area contributed by atoms with Gasteiger partial charge in [-0.25, -0.2) is 4.79 Å². The average molecular weight is 657 g/mol. The Morgan fingerprint density at radius 1 is 1.19 bits per heavy atom. The second-order valence-electron chi connectivity index (χ2n) is 13.0. The number of hydrogen-bond donors (Lipinski definition) is 2. The first-order valence-corrected chi connectivity index (χ1v) is 16.2. The van der Waals surface area contributed by atoms with Gasteiger partial charge in [0.2, 0.25) is 11.8 Å².